The van der Waals surface area contributed by atoms with Gasteiger partial charge in [-0.15, -0.1) is 0 Å². The molecule has 1 atom stereocenters. The molecule has 0 saturated carbocycles. The highest BCUT2D eigenvalue weighted by Crippen LogP contribution is 2.14. The normalized spacial score (nSPS) is 12.0. The number of rotatable bonds is 7. The minimum absolute atomic E-state index is 0.0322. The highest BCUT2D eigenvalue weighted by molar-refractivity contribution is 5.94. The Morgan fingerprint density at radius 2 is 1.96 bits per heavy atom. The van der Waals surface area contributed by atoms with Crippen LogP contribution in [0.1, 0.15) is 36.1 Å². The Bertz CT molecular complexity index is 718. The molecule has 134 valence electrons. The van der Waals surface area contributed by atoms with Crippen molar-refractivity contribution in [2.75, 3.05) is 7.05 Å². The van der Waals surface area contributed by atoms with Crippen molar-refractivity contribution in [2.24, 2.45) is 0 Å². The fourth-order valence-electron chi connectivity index (χ4n) is 2.31. The van der Waals surface area contributed by atoms with Crippen LogP contribution >= 0.6 is 0 Å². The number of alkyl halides is 2. The average Bonchev–Trinajstić information content (AvgIpc) is 3.03. The smallest absolute Gasteiger partial charge is 0.319 e. The van der Waals surface area contributed by atoms with Gasteiger partial charge in [0, 0.05) is 37.5 Å². The van der Waals surface area contributed by atoms with Crippen molar-refractivity contribution in [1.29, 1.82) is 0 Å². The zero-order valence-corrected chi connectivity index (χ0v) is 14.0. The highest BCUT2D eigenvalue weighted by Gasteiger charge is 2.19. The number of nitrogens with one attached hydrogen (secondary N) is 1. The van der Waals surface area contributed by atoms with Crippen LogP contribution in [0.2, 0.25) is 0 Å². The lowest BCUT2D eigenvalue weighted by atomic mass is 10.1. The molecule has 1 heterocycles. The van der Waals surface area contributed by atoms with Crippen molar-refractivity contribution in [3.63, 3.8) is 0 Å². The first-order valence-electron chi connectivity index (χ1n) is 7.78. The molecule has 2 amide bonds. The molecule has 6 nitrogen and oxygen atoms in total. The molecule has 0 saturated heterocycles. The van der Waals surface area contributed by atoms with Gasteiger partial charge in [-0.1, -0.05) is 18.2 Å². The summed E-state index contributed by atoms with van der Waals surface area (Å²) in [7, 11) is 1.51. The molecule has 1 aromatic heterocycles. The number of hydrogen-bond acceptors (Lipinski definition) is 3. The second kappa shape index (κ2) is 8.36. The van der Waals surface area contributed by atoms with Gasteiger partial charge in [-0.05, 0) is 19.1 Å². The van der Waals surface area contributed by atoms with Crippen molar-refractivity contribution >= 4 is 11.8 Å². The predicted molar refractivity (Wildman–Crippen MR) is 87.9 cm³/mol. The Hall–Kier alpha value is -2.77. The molecule has 0 aliphatic heterocycles. The summed E-state index contributed by atoms with van der Waals surface area (Å²) in [6.07, 6.45) is 2.49. The molecule has 0 spiro atoms. The van der Waals surface area contributed by atoms with Crippen molar-refractivity contribution in [3.05, 3.63) is 54.1 Å². The van der Waals surface area contributed by atoms with Gasteiger partial charge >= 0.3 is 6.55 Å². The van der Waals surface area contributed by atoms with Crippen molar-refractivity contribution in [2.45, 2.75) is 32.5 Å². The van der Waals surface area contributed by atoms with Gasteiger partial charge in [0.2, 0.25) is 5.91 Å². The maximum absolute atomic E-state index is 12.8. The van der Waals surface area contributed by atoms with Crippen LogP contribution < -0.4 is 5.32 Å². The third kappa shape index (κ3) is 5.10. The Balaban J connectivity index is 1.88. The third-order valence-electron chi connectivity index (χ3n) is 3.66. The monoisotopic (exact) mass is 350 g/mol. The van der Waals surface area contributed by atoms with Crippen molar-refractivity contribution in [3.8, 4) is 0 Å². The summed E-state index contributed by atoms with van der Waals surface area (Å²) in [5.74, 6) is -0.437. The molecule has 1 aromatic carbocycles. The molecule has 0 radical (unpaired) electrons. The number of carbonyl (C=O) groups is 2. The van der Waals surface area contributed by atoms with Crippen LogP contribution in [-0.4, -0.2) is 39.4 Å². The summed E-state index contributed by atoms with van der Waals surface area (Å²) in [6, 6.07) is 8.28. The van der Waals surface area contributed by atoms with Gasteiger partial charge in [0.1, 0.15) is 5.82 Å². The number of benzene rings is 1. The predicted octanol–water partition coefficient (Wildman–Crippen LogP) is 2.45. The van der Waals surface area contributed by atoms with Gasteiger partial charge in [0.15, 0.2) is 0 Å². The van der Waals surface area contributed by atoms with Crippen LogP contribution in [0.4, 0.5) is 8.78 Å². The molecule has 0 bridgehead atoms. The van der Waals surface area contributed by atoms with E-state index in [1.54, 1.807) is 31.2 Å². The van der Waals surface area contributed by atoms with E-state index in [0.717, 1.165) is 0 Å². The molecule has 2 rings (SSSR count). The van der Waals surface area contributed by atoms with E-state index in [0.29, 0.717) is 10.1 Å². The van der Waals surface area contributed by atoms with E-state index in [-0.39, 0.29) is 30.6 Å². The van der Waals surface area contributed by atoms with Gasteiger partial charge in [-0.2, -0.15) is 8.78 Å². The first-order valence-corrected chi connectivity index (χ1v) is 7.78. The summed E-state index contributed by atoms with van der Waals surface area (Å²) < 4.78 is 26.3. The number of carbonyl (C=O) groups excluding carboxylic acids is 2. The van der Waals surface area contributed by atoms with Crippen LogP contribution in [-0.2, 0) is 11.3 Å². The first-order chi connectivity index (χ1) is 11.9. The van der Waals surface area contributed by atoms with E-state index in [4.69, 9.17) is 0 Å². The Morgan fingerprint density at radius 1 is 1.28 bits per heavy atom. The van der Waals surface area contributed by atoms with E-state index in [1.165, 1.54) is 24.3 Å². The maximum Gasteiger partial charge on any atom is 0.319 e. The lowest BCUT2D eigenvalue weighted by Gasteiger charge is -2.20. The Kier molecular flexibility index (Phi) is 6.21. The first kappa shape index (κ1) is 18.6. The van der Waals surface area contributed by atoms with Crippen LogP contribution in [0.25, 0.3) is 0 Å². The number of nitrogens with zero attached hydrogens (tertiary/aromatic N) is 3. The van der Waals surface area contributed by atoms with E-state index >= 15 is 0 Å². The number of hydrogen-bond donors (Lipinski definition) is 1. The summed E-state index contributed by atoms with van der Waals surface area (Å²) in [4.78, 5) is 29.4. The second-order valence-electron chi connectivity index (χ2n) is 5.72. The van der Waals surface area contributed by atoms with E-state index in [2.05, 4.69) is 10.3 Å². The maximum atomic E-state index is 12.8. The molecule has 1 unspecified atom stereocenters. The zero-order chi connectivity index (χ0) is 18.4. The van der Waals surface area contributed by atoms with Gasteiger partial charge < -0.3 is 10.2 Å². The Morgan fingerprint density at radius 3 is 2.60 bits per heavy atom. The molecule has 0 fully saturated rings. The fourth-order valence-corrected chi connectivity index (χ4v) is 2.31. The molecule has 25 heavy (non-hydrogen) atoms. The lowest BCUT2D eigenvalue weighted by Crippen LogP contribution is -2.38. The van der Waals surface area contributed by atoms with Gasteiger partial charge in [-0.25, -0.2) is 4.98 Å². The van der Waals surface area contributed by atoms with Crippen LogP contribution in [0, 0.1) is 0 Å². The van der Waals surface area contributed by atoms with Gasteiger partial charge in [0.25, 0.3) is 5.91 Å². The number of halogens is 2. The summed E-state index contributed by atoms with van der Waals surface area (Å²) in [5, 5.41) is 2.74. The van der Waals surface area contributed by atoms with Crippen molar-refractivity contribution < 1.29 is 18.4 Å². The van der Waals surface area contributed by atoms with Crippen LogP contribution in [0.5, 0.6) is 0 Å². The topological polar surface area (TPSA) is 67.2 Å². The van der Waals surface area contributed by atoms with Crippen LogP contribution in [0.15, 0.2) is 42.7 Å². The minimum atomic E-state index is -2.70. The summed E-state index contributed by atoms with van der Waals surface area (Å²) in [6.45, 7) is -1.02. The number of imidazole rings is 1. The minimum Gasteiger partial charge on any atom is -0.349 e. The zero-order valence-electron chi connectivity index (χ0n) is 14.0. The molecule has 8 heteroatoms. The van der Waals surface area contributed by atoms with Crippen molar-refractivity contribution in [1.82, 2.24) is 19.8 Å². The fraction of sp³-hybridized carbons (Fsp3) is 0.353. The quantitative estimate of drug-likeness (QED) is 0.834. The molecule has 1 N–H and O–H groups in total. The Labute approximate surface area is 144 Å². The van der Waals surface area contributed by atoms with Gasteiger partial charge in [-0.3, -0.25) is 14.2 Å². The highest BCUT2D eigenvalue weighted by atomic mass is 19.3. The van der Waals surface area contributed by atoms with Gasteiger partial charge in [0.05, 0.1) is 6.54 Å². The van der Waals surface area contributed by atoms with E-state index in [1.807, 2.05) is 6.07 Å². The lowest BCUT2D eigenvalue weighted by molar-refractivity contribution is -0.131. The second-order valence-corrected chi connectivity index (χ2v) is 5.72. The SMILES string of the molecule is CC(CC(=O)N(C)Cc1nccn1C(F)F)NC(=O)c1ccccc1. The molecule has 0 aliphatic carbocycles. The molecule has 2 aromatic rings. The molecular weight excluding hydrogens is 330 g/mol. The average molecular weight is 350 g/mol. The third-order valence-corrected chi connectivity index (χ3v) is 3.66. The largest absolute Gasteiger partial charge is 0.349 e. The molecule has 0 aliphatic rings. The van der Waals surface area contributed by atoms with E-state index < -0.39 is 12.6 Å². The summed E-state index contributed by atoms with van der Waals surface area (Å²) in [5.41, 5.74) is 0.508. The molecular formula is C17H20F2N4O2. The standard InChI is InChI=1S/C17H20F2N4O2/c1-12(21-16(25)13-6-4-3-5-7-13)10-15(24)22(2)11-14-20-8-9-23(14)17(18)19/h3-9,12,17H,10-11H2,1-2H3,(H,21,25). The summed E-state index contributed by atoms with van der Waals surface area (Å²) >= 11 is 0. The van der Waals surface area contributed by atoms with E-state index in [9.17, 15) is 18.4 Å². The van der Waals surface area contributed by atoms with Crippen LogP contribution in [0.3, 0.4) is 0 Å². The number of amides is 2. The number of aromatic nitrogens is 2.